The Labute approximate surface area is 217 Å². The fourth-order valence-electron chi connectivity index (χ4n) is 4.86. The van der Waals surface area contributed by atoms with E-state index in [9.17, 15) is 14.7 Å². The number of carboxylic acid groups (broad SMARTS) is 1. The van der Waals surface area contributed by atoms with Crippen LogP contribution < -0.4 is 5.32 Å². The van der Waals surface area contributed by atoms with Crippen LogP contribution >= 0.6 is 0 Å². The first-order valence-corrected chi connectivity index (χ1v) is 12.4. The molecule has 0 bridgehead atoms. The van der Waals surface area contributed by atoms with E-state index in [4.69, 9.17) is 4.74 Å². The molecule has 1 unspecified atom stereocenters. The second-order valence-corrected chi connectivity index (χ2v) is 10.5. The molecule has 0 aliphatic carbocycles. The zero-order valence-electron chi connectivity index (χ0n) is 22.3. The number of nitrogens with one attached hydrogen (secondary N) is 1. The standard InChI is InChI=1S/C29H34N4O4/c1-17-8-10-20(11-9-17)24-18(2)21-15-33(28(36)32-14-23-30-12-7-13-31-23)16-22(21)19(3)25(24)26(27(34)35)37-29(4,5)6/h7-13,26H,14-16H2,1-6H3,(H,32,36)(H,34,35). The van der Waals surface area contributed by atoms with Gasteiger partial charge in [-0.05, 0) is 81.0 Å². The maximum absolute atomic E-state index is 13.1. The fraction of sp³-hybridized carbons (Fsp3) is 0.379. The van der Waals surface area contributed by atoms with E-state index >= 15 is 0 Å². The molecule has 0 saturated carbocycles. The maximum Gasteiger partial charge on any atom is 0.337 e. The van der Waals surface area contributed by atoms with Gasteiger partial charge in [0, 0.05) is 31.0 Å². The van der Waals surface area contributed by atoms with Crippen LogP contribution in [0, 0.1) is 20.8 Å². The summed E-state index contributed by atoms with van der Waals surface area (Å²) >= 11 is 0. The third-order valence-corrected chi connectivity index (χ3v) is 6.62. The molecule has 4 rings (SSSR count). The van der Waals surface area contributed by atoms with Crippen LogP contribution in [-0.4, -0.2) is 37.6 Å². The number of urea groups is 1. The quantitative estimate of drug-likeness (QED) is 0.478. The predicted molar refractivity (Wildman–Crippen MR) is 141 cm³/mol. The predicted octanol–water partition coefficient (Wildman–Crippen LogP) is 5.24. The summed E-state index contributed by atoms with van der Waals surface area (Å²) in [5.41, 5.74) is 6.69. The molecule has 1 atom stereocenters. The topological polar surface area (TPSA) is 105 Å². The molecule has 2 N–H and O–H groups in total. The number of carbonyl (C=O) groups is 2. The van der Waals surface area contributed by atoms with Crippen molar-refractivity contribution in [1.29, 1.82) is 0 Å². The first kappa shape index (κ1) is 26.3. The third-order valence-electron chi connectivity index (χ3n) is 6.62. The summed E-state index contributed by atoms with van der Waals surface area (Å²) in [5.74, 6) is -0.506. The molecule has 8 nitrogen and oxygen atoms in total. The molecule has 2 aromatic carbocycles. The van der Waals surface area contributed by atoms with Crippen molar-refractivity contribution >= 4 is 12.0 Å². The molecule has 2 amide bonds. The average Bonchev–Trinajstić information content (AvgIpc) is 3.30. The van der Waals surface area contributed by atoms with Crippen LogP contribution in [0.5, 0.6) is 0 Å². The largest absolute Gasteiger partial charge is 0.479 e. The second kappa shape index (κ2) is 10.3. The molecule has 3 aromatic rings. The lowest BCUT2D eigenvalue weighted by atomic mass is 9.83. The first-order chi connectivity index (χ1) is 17.5. The number of carboxylic acids is 1. The lowest BCUT2D eigenvalue weighted by Gasteiger charge is -2.29. The minimum atomic E-state index is -1.15. The minimum Gasteiger partial charge on any atom is -0.479 e. The molecule has 1 aromatic heterocycles. The summed E-state index contributed by atoms with van der Waals surface area (Å²) in [6, 6.07) is 9.58. The van der Waals surface area contributed by atoms with Crippen molar-refractivity contribution in [1.82, 2.24) is 20.2 Å². The highest BCUT2D eigenvalue weighted by atomic mass is 16.5. The lowest BCUT2D eigenvalue weighted by Crippen LogP contribution is -2.36. The summed E-state index contributed by atoms with van der Waals surface area (Å²) in [6.07, 6.45) is 2.12. The highest BCUT2D eigenvalue weighted by molar-refractivity contribution is 5.85. The second-order valence-electron chi connectivity index (χ2n) is 10.5. The van der Waals surface area contributed by atoms with Crippen LogP contribution in [0.15, 0.2) is 42.7 Å². The number of fused-ring (bicyclic) bond motifs is 1. The molecule has 2 heterocycles. The summed E-state index contributed by atoms with van der Waals surface area (Å²) < 4.78 is 6.12. The van der Waals surface area contributed by atoms with Gasteiger partial charge in [0.25, 0.3) is 0 Å². The van der Waals surface area contributed by atoms with E-state index in [1.807, 2.05) is 65.8 Å². The van der Waals surface area contributed by atoms with Gasteiger partial charge < -0.3 is 20.1 Å². The van der Waals surface area contributed by atoms with E-state index in [0.29, 0.717) is 24.5 Å². The Hall–Kier alpha value is -3.78. The van der Waals surface area contributed by atoms with Gasteiger partial charge in [-0.1, -0.05) is 29.8 Å². The first-order valence-electron chi connectivity index (χ1n) is 12.4. The Morgan fingerprint density at radius 3 is 2.19 bits per heavy atom. The van der Waals surface area contributed by atoms with Crippen molar-refractivity contribution in [3.8, 4) is 11.1 Å². The number of ether oxygens (including phenoxy) is 1. The van der Waals surface area contributed by atoms with Crippen LogP contribution in [0.4, 0.5) is 4.79 Å². The number of rotatable bonds is 6. The molecule has 1 aliphatic rings. The SMILES string of the molecule is Cc1ccc(-c2c(C)c3c(c(C)c2C(OC(C)(C)C)C(=O)O)CN(C(=O)NCc2ncccn2)C3)cc1. The summed E-state index contributed by atoms with van der Waals surface area (Å²) in [7, 11) is 0. The normalized spacial score (nSPS) is 13.8. The number of aryl methyl sites for hydroxylation is 1. The molecule has 0 saturated heterocycles. The van der Waals surface area contributed by atoms with Crippen molar-refractivity contribution in [3.63, 3.8) is 0 Å². The van der Waals surface area contributed by atoms with Crippen LogP contribution in [0.2, 0.25) is 0 Å². The van der Waals surface area contributed by atoms with Gasteiger partial charge in [0.15, 0.2) is 6.10 Å². The van der Waals surface area contributed by atoms with Crippen molar-refractivity contribution in [2.75, 3.05) is 0 Å². The van der Waals surface area contributed by atoms with E-state index in [1.54, 1.807) is 23.4 Å². The molecular weight excluding hydrogens is 468 g/mol. The van der Waals surface area contributed by atoms with Gasteiger partial charge in [-0.2, -0.15) is 0 Å². The van der Waals surface area contributed by atoms with Crippen molar-refractivity contribution in [2.45, 2.75) is 72.9 Å². The lowest BCUT2D eigenvalue weighted by molar-refractivity contribution is -0.160. The molecule has 8 heteroatoms. The highest BCUT2D eigenvalue weighted by Crippen LogP contribution is 2.43. The number of amides is 2. The van der Waals surface area contributed by atoms with E-state index < -0.39 is 17.7 Å². The Bertz CT molecular complexity index is 1310. The van der Waals surface area contributed by atoms with Crippen molar-refractivity contribution in [3.05, 3.63) is 81.9 Å². The van der Waals surface area contributed by atoms with Gasteiger partial charge in [0.1, 0.15) is 5.82 Å². The molecule has 37 heavy (non-hydrogen) atoms. The Morgan fingerprint density at radius 2 is 1.62 bits per heavy atom. The Morgan fingerprint density at radius 1 is 1.03 bits per heavy atom. The van der Waals surface area contributed by atoms with E-state index in [2.05, 4.69) is 15.3 Å². The number of aromatic nitrogens is 2. The Kier molecular flexibility index (Phi) is 7.32. The van der Waals surface area contributed by atoms with Crippen LogP contribution in [0.25, 0.3) is 11.1 Å². The third kappa shape index (κ3) is 5.64. The maximum atomic E-state index is 13.1. The molecule has 194 valence electrons. The van der Waals surface area contributed by atoms with Crippen LogP contribution in [0.1, 0.15) is 66.1 Å². The summed E-state index contributed by atoms with van der Waals surface area (Å²) in [4.78, 5) is 35.7. The van der Waals surface area contributed by atoms with Gasteiger partial charge >= 0.3 is 12.0 Å². The number of hydrogen-bond acceptors (Lipinski definition) is 5. The van der Waals surface area contributed by atoms with Gasteiger partial charge in [-0.15, -0.1) is 0 Å². The van der Waals surface area contributed by atoms with Crippen LogP contribution in [-0.2, 0) is 29.2 Å². The number of nitrogens with zero attached hydrogens (tertiary/aromatic N) is 3. The fourth-order valence-corrected chi connectivity index (χ4v) is 4.86. The molecule has 0 spiro atoms. The number of benzene rings is 2. The number of carbonyl (C=O) groups excluding carboxylic acids is 1. The van der Waals surface area contributed by atoms with E-state index in [1.165, 1.54) is 0 Å². The van der Waals surface area contributed by atoms with Crippen LogP contribution in [0.3, 0.4) is 0 Å². The zero-order valence-corrected chi connectivity index (χ0v) is 22.3. The summed E-state index contributed by atoms with van der Waals surface area (Å²) in [6.45, 7) is 12.6. The smallest absolute Gasteiger partial charge is 0.337 e. The van der Waals surface area contributed by atoms with E-state index in [-0.39, 0.29) is 12.6 Å². The zero-order chi connectivity index (χ0) is 26.9. The van der Waals surface area contributed by atoms with Crippen molar-refractivity contribution < 1.29 is 19.4 Å². The van der Waals surface area contributed by atoms with E-state index in [0.717, 1.165) is 38.9 Å². The van der Waals surface area contributed by atoms with Gasteiger partial charge in [0.05, 0.1) is 12.1 Å². The van der Waals surface area contributed by atoms with Gasteiger partial charge in [-0.3, -0.25) is 0 Å². The monoisotopic (exact) mass is 502 g/mol. The van der Waals surface area contributed by atoms with Gasteiger partial charge in [-0.25, -0.2) is 19.6 Å². The summed E-state index contributed by atoms with van der Waals surface area (Å²) in [5, 5.41) is 13.2. The Balaban J connectivity index is 1.77. The number of aliphatic carboxylic acids is 1. The highest BCUT2D eigenvalue weighted by Gasteiger charge is 2.36. The molecular formula is C29H34N4O4. The molecule has 1 aliphatic heterocycles. The van der Waals surface area contributed by atoms with Gasteiger partial charge in [0.2, 0.25) is 0 Å². The molecule has 0 fully saturated rings. The number of hydrogen-bond donors (Lipinski definition) is 2. The average molecular weight is 503 g/mol. The minimum absolute atomic E-state index is 0.221. The van der Waals surface area contributed by atoms with Crippen molar-refractivity contribution in [2.24, 2.45) is 0 Å². The molecule has 0 radical (unpaired) electrons.